The molecular formula is C14H16N4O4S. The highest BCUT2D eigenvalue weighted by Gasteiger charge is 2.11. The van der Waals surface area contributed by atoms with Crippen molar-refractivity contribution in [1.29, 1.82) is 0 Å². The number of nitrogens with one attached hydrogen (secondary N) is 2. The molecule has 0 radical (unpaired) electrons. The van der Waals surface area contributed by atoms with E-state index in [-0.39, 0.29) is 17.6 Å². The average Bonchev–Trinajstić information content (AvgIpc) is 2.99. The number of carbonyl (C=O) groups is 2. The van der Waals surface area contributed by atoms with Crippen molar-refractivity contribution >= 4 is 23.7 Å². The number of imide groups is 1. The zero-order chi connectivity index (χ0) is 16.7. The zero-order valence-electron chi connectivity index (χ0n) is 12.7. The summed E-state index contributed by atoms with van der Waals surface area (Å²) in [5, 5.41) is 12.3. The molecule has 0 aliphatic heterocycles. The number of rotatable bonds is 6. The molecule has 3 amide bonds. The summed E-state index contributed by atoms with van der Waals surface area (Å²) in [5.41, 5.74) is 1.09. The van der Waals surface area contributed by atoms with E-state index < -0.39 is 11.9 Å². The summed E-state index contributed by atoms with van der Waals surface area (Å²) in [6.45, 7) is 2.11. The van der Waals surface area contributed by atoms with Gasteiger partial charge in [-0.25, -0.2) is 4.79 Å². The molecule has 9 heteroatoms. The van der Waals surface area contributed by atoms with Gasteiger partial charge >= 0.3 is 6.03 Å². The summed E-state index contributed by atoms with van der Waals surface area (Å²) in [7, 11) is 1.42. The molecule has 0 unspecified atom stereocenters. The molecule has 8 nitrogen and oxygen atoms in total. The molecule has 1 aromatic carbocycles. The standard InChI is InChI=1S/C14H16N4O4S/c1-9-4-3-5-10(6-9)21-7-12-17-18-14(22-12)23-8-11(19)16-13(20)15-2/h3-6H,7-8H2,1-2H3,(H2,15,16,19,20). The summed E-state index contributed by atoms with van der Waals surface area (Å²) in [4.78, 5) is 22.4. The Balaban J connectivity index is 1.79. The Kier molecular flexibility index (Phi) is 5.98. The first-order valence-corrected chi connectivity index (χ1v) is 7.71. The van der Waals surface area contributed by atoms with Crippen LogP contribution in [0.3, 0.4) is 0 Å². The number of hydrogen-bond acceptors (Lipinski definition) is 7. The molecule has 2 rings (SSSR count). The van der Waals surface area contributed by atoms with Crippen LogP contribution in [0.25, 0.3) is 0 Å². The van der Waals surface area contributed by atoms with Crippen molar-refractivity contribution in [1.82, 2.24) is 20.8 Å². The highest BCUT2D eigenvalue weighted by molar-refractivity contribution is 7.99. The van der Waals surface area contributed by atoms with E-state index in [1.54, 1.807) is 0 Å². The molecule has 0 atom stereocenters. The average molecular weight is 336 g/mol. The molecule has 0 saturated carbocycles. The molecule has 2 aromatic rings. The maximum atomic E-state index is 11.4. The molecule has 0 saturated heterocycles. The second-order valence-corrected chi connectivity index (χ2v) is 5.41. The van der Waals surface area contributed by atoms with Crippen LogP contribution in [0.2, 0.25) is 0 Å². The van der Waals surface area contributed by atoms with Crippen molar-refractivity contribution in [3.63, 3.8) is 0 Å². The summed E-state index contributed by atoms with van der Waals surface area (Å²) in [6.07, 6.45) is 0. The number of thioether (sulfide) groups is 1. The third-order valence-electron chi connectivity index (χ3n) is 2.61. The van der Waals surface area contributed by atoms with Gasteiger partial charge in [-0.1, -0.05) is 23.9 Å². The maximum absolute atomic E-state index is 11.4. The molecule has 0 bridgehead atoms. The number of amides is 3. The van der Waals surface area contributed by atoms with Crippen molar-refractivity contribution in [3.8, 4) is 5.75 Å². The molecule has 122 valence electrons. The highest BCUT2D eigenvalue weighted by Crippen LogP contribution is 2.18. The fraction of sp³-hybridized carbons (Fsp3) is 0.286. The van der Waals surface area contributed by atoms with E-state index in [9.17, 15) is 9.59 Å². The molecule has 23 heavy (non-hydrogen) atoms. The second kappa shape index (κ2) is 8.18. The highest BCUT2D eigenvalue weighted by atomic mass is 32.2. The van der Waals surface area contributed by atoms with Crippen LogP contribution in [0.1, 0.15) is 11.5 Å². The number of aryl methyl sites for hydroxylation is 1. The SMILES string of the molecule is CNC(=O)NC(=O)CSc1nnc(COc2cccc(C)c2)o1. The van der Waals surface area contributed by atoms with Crippen LogP contribution in [-0.4, -0.2) is 34.9 Å². The van der Waals surface area contributed by atoms with Crippen LogP contribution in [0.5, 0.6) is 5.75 Å². The predicted molar refractivity (Wildman–Crippen MR) is 83.1 cm³/mol. The molecule has 0 spiro atoms. The first-order valence-electron chi connectivity index (χ1n) is 6.73. The topological polar surface area (TPSA) is 106 Å². The van der Waals surface area contributed by atoms with Crippen molar-refractivity contribution in [2.24, 2.45) is 0 Å². The first-order chi connectivity index (χ1) is 11.1. The normalized spacial score (nSPS) is 10.2. The van der Waals surface area contributed by atoms with Gasteiger partial charge in [0.25, 0.3) is 11.1 Å². The van der Waals surface area contributed by atoms with Crippen LogP contribution in [-0.2, 0) is 11.4 Å². The van der Waals surface area contributed by atoms with Gasteiger partial charge in [0, 0.05) is 7.05 Å². The van der Waals surface area contributed by atoms with Gasteiger partial charge in [-0.2, -0.15) is 0 Å². The van der Waals surface area contributed by atoms with Gasteiger partial charge in [-0.15, -0.1) is 10.2 Å². The van der Waals surface area contributed by atoms with Crippen LogP contribution < -0.4 is 15.4 Å². The van der Waals surface area contributed by atoms with Crippen molar-refractivity contribution < 1.29 is 18.7 Å². The summed E-state index contributed by atoms with van der Waals surface area (Å²) >= 11 is 1.04. The van der Waals surface area contributed by atoms with E-state index in [4.69, 9.17) is 9.15 Å². The predicted octanol–water partition coefficient (Wildman–Crippen LogP) is 1.50. The number of aromatic nitrogens is 2. The molecule has 1 aromatic heterocycles. The number of benzene rings is 1. The zero-order valence-corrected chi connectivity index (χ0v) is 13.5. The van der Waals surface area contributed by atoms with E-state index in [1.807, 2.05) is 31.2 Å². The lowest BCUT2D eigenvalue weighted by atomic mass is 10.2. The van der Waals surface area contributed by atoms with Gasteiger partial charge in [0.15, 0.2) is 6.61 Å². The summed E-state index contributed by atoms with van der Waals surface area (Å²) in [5.74, 6) is 0.557. The van der Waals surface area contributed by atoms with E-state index in [0.29, 0.717) is 11.6 Å². The number of carbonyl (C=O) groups excluding carboxylic acids is 2. The van der Waals surface area contributed by atoms with Gasteiger partial charge in [0.05, 0.1) is 5.75 Å². The Hall–Kier alpha value is -2.55. The Morgan fingerprint density at radius 2 is 2.17 bits per heavy atom. The number of hydrogen-bond donors (Lipinski definition) is 2. The Labute approximate surface area is 137 Å². The second-order valence-electron chi connectivity index (χ2n) is 4.48. The monoisotopic (exact) mass is 336 g/mol. The fourth-order valence-corrected chi connectivity index (χ4v) is 2.14. The molecule has 1 heterocycles. The lowest BCUT2D eigenvalue weighted by Gasteiger charge is -2.03. The lowest BCUT2D eigenvalue weighted by molar-refractivity contribution is -0.117. The van der Waals surface area contributed by atoms with Crippen LogP contribution >= 0.6 is 11.8 Å². The van der Waals surface area contributed by atoms with Crippen LogP contribution in [0.15, 0.2) is 33.9 Å². The maximum Gasteiger partial charge on any atom is 0.321 e. The van der Waals surface area contributed by atoms with Gasteiger partial charge in [-0.05, 0) is 24.6 Å². The minimum Gasteiger partial charge on any atom is -0.484 e. The van der Waals surface area contributed by atoms with Gasteiger partial charge in [-0.3, -0.25) is 10.1 Å². The first kappa shape index (κ1) is 16.8. The van der Waals surface area contributed by atoms with Crippen LogP contribution in [0.4, 0.5) is 4.79 Å². The minimum atomic E-state index is -0.562. The van der Waals surface area contributed by atoms with Crippen LogP contribution in [0, 0.1) is 6.92 Å². The van der Waals surface area contributed by atoms with Gasteiger partial charge in [0.2, 0.25) is 5.91 Å². The smallest absolute Gasteiger partial charge is 0.321 e. The largest absolute Gasteiger partial charge is 0.484 e. The Morgan fingerprint density at radius 1 is 1.35 bits per heavy atom. The molecule has 0 aliphatic rings. The summed E-state index contributed by atoms with van der Waals surface area (Å²) < 4.78 is 10.9. The fourth-order valence-electron chi connectivity index (χ4n) is 1.56. The van der Waals surface area contributed by atoms with E-state index in [0.717, 1.165) is 17.3 Å². The minimum absolute atomic E-state index is 0.00616. The molecule has 0 aliphatic carbocycles. The van der Waals surface area contributed by atoms with Crippen molar-refractivity contribution in [2.45, 2.75) is 18.8 Å². The van der Waals surface area contributed by atoms with Gasteiger partial charge in [0.1, 0.15) is 5.75 Å². The lowest BCUT2D eigenvalue weighted by Crippen LogP contribution is -2.38. The molecular weight excluding hydrogens is 320 g/mol. The van der Waals surface area contributed by atoms with Crippen molar-refractivity contribution in [2.75, 3.05) is 12.8 Å². The quantitative estimate of drug-likeness (QED) is 0.770. The number of ether oxygens (including phenoxy) is 1. The summed E-state index contributed by atoms with van der Waals surface area (Å²) in [6, 6.07) is 7.04. The van der Waals surface area contributed by atoms with Gasteiger partial charge < -0.3 is 14.5 Å². The van der Waals surface area contributed by atoms with Crippen molar-refractivity contribution in [3.05, 3.63) is 35.7 Å². The van der Waals surface area contributed by atoms with E-state index >= 15 is 0 Å². The van der Waals surface area contributed by atoms with E-state index in [1.165, 1.54) is 7.05 Å². The third kappa shape index (κ3) is 5.62. The number of urea groups is 1. The molecule has 0 fully saturated rings. The van der Waals surface area contributed by atoms with E-state index in [2.05, 4.69) is 20.8 Å². The Morgan fingerprint density at radius 3 is 2.91 bits per heavy atom. The Bertz CT molecular complexity index is 689. The molecule has 2 N–H and O–H groups in total. The number of nitrogens with zero attached hydrogens (tertiary/aromatic N) is 2. The third-order valence-corrected chi connectivity index (χ3v) is 3.43.